The van der Waals surface area contributed by atoms with Crippen LogP contribution in [0.15, 0.2) is 41.6 Å². The molecule has 9 nitrogen and oxygen atoms in total. The van der Waals surface area contributed by atoms with Gasteiger partial charge in [0, 0.05) is 51.8 Å². The number of thiazole rings is 1. The van der Waals surface area contributed by atoms with E-state index in [2.05, 4.69) is 48.0 Å². The zero-order valence-corrected chi connectivity index (χ0v) is 19.1. The summed E-state index contributed by atoms with van der Waals surface area (Å²) in [5.74, 6) is 0.745. The van der Waals surface area contributed by atoms with Crippen molar-refractivity contribution in [2.24, 2.45) is 0 Å². The number of nitrogens with one attached hydrogen (secondary N) is 2. The summed E-state index contributed by atoms with van der Waals surface area (Å²) in [4.78, 5) is 32.2. The standard InChI is InChI=1S/C18H21N7OS.C4H8O/c1-2-24-7-9-25(10-8-24)13-3-4-16(20-11-13)23-18-21-12-15(27-18)14-5-6-19-17(26)22-14;1-2-4-5-3-1/h3-6,11-12H,2,7-10H2,1H3,(H,19,22,26)(H,20,21,23);1-4H2. The molecule has 0 aromatic carbocycles. The molecular formula is C22H29N7O2S. The molecule has 2 aliphatic rings. The lowest BCUT2D eigenvalue weighted by Gasteiger charge is -2.35. The predicted molar refractivity (Wildman–Crippen MR) is 128 cm³/mol. The van der Waals surface area contributed by atoms with E-state index in [1.807, 2.05) is 12.3 Å². The number of hydrogen-bond acceptors (Lipinski definition) is 9. The van der Waals surface area contributed by atoms with Crippen LogP contribution < -0.4 is 15.9 Å². The van der Waals surface area contributed by atoms with Crippen molar-refractivity contribution in [3.8, 4) is 10.6 Å². The van der Waals surface area contributed by atoms with E-state index in [1.165, 1.54) is 30.4 Å². The summed E-state index contributed by atoms with van der Waals surface area (Å²) in [5.41, 5.74) is 1.48. The van der Waals surface area contributed by atoms with E-state index >= 15 is 0 Å². The molecule has 0 amide bonds. The minimum absolute atomic E-state index is 0.368. The van der Waals surface area contributed by atoms with E-state index < -0.39 is 0 Å². The third kappa shape index (κ3) is 6.12. The third-order valence-electron chi connectivity index (χ3n) is 5.44. The molecule has 5 rings (SSSR count). The Morgan fingerprint density at radius 3 is 2.50 bits per heavy atom. The summed E-state index contributed by atoms with van der Waals surface area (Å²) in [6, 6.07) is 5.81. The molecule has 10 heteroatoms. The van der Waals surface area contributed by atoms with Gasteiger partial charge in [-0.25, -0.2) is 19.7 Å². The van der Waals surface area contributed by atoms with Gasteiger partial charge in [-0.1, -0.05) is 18.3 Å². The lowest BCUT2D eigenvalue weighted by molar-refractivity contribution is 0.198. The van der Waals surface area contributed by atoms with E-state index in [0.717, 1.165) is 67.5 Å². The van der Waals surface area contributed by atoms with Crippen LogP contribution >= 0.6 is 11.3 Å². The first-order valence-corrected chi connectivity index (χ1v) is 11.8. The molecule has 0 unspecified atom stereocenters. The smallest absolute Gasteiger partial charge is 0.345 e. The number of aromatic amines is 1. The summed E-state index contributed by atoms with van der Waals surface area (Å²) >= 11 is 1.45. The van der Waals surface area contributed by atoms with Gasteiger partial charge in [-0.2, -0.15) is 0 Å². The van der Waals surface area contributed by atoms with Crippen molar-refractivity contribution in [2.45, 2.75) is 19.8 Å². The number of rotatable bonds is 5. The van der Waals surface area contributed by atoms with Crippen molar-refractivity contribution >= 4 is 28.0 Å². The van der Waals surface area contributed by atoms with E-state index in [4.69, 9.17) is 4.74 Å². The minimum atomic E-state index is -0.368. The summed E-state index contributed by atoms with van der Waals surface area (Å²) in [6.07, 6.45) is 7.67. The second-order valence-corrected chi connectivity index (χ2v) is 8.62. The molecule has 2 aliphatic heterocycles. The Kier molecular flexibility index (Phi) is 7.81. The van der Waals surface area contributed by atoms with E-state index in [9.17, 15) is 4.79 Å². The first-order chi connectivity index (χ1) is 15.7. The number of ether oxygens (including phenoxy) is 1. The van der Waals surface area contributed by atoms with Crippen LogP contribution in [-0.2, 0) is 4.74 Å². The fourth-order valence-corrected chi connectivity index (χ4v) is 4.36. The van der Waals surface area contributed by atoms with Crippen molar-refractivity contribution in [3.63, 3.8) is 0 Å². The monoisotopic (exact) mass is 455 g/mol. The van der Waals surface area contributed by atoms with E-state index in [1.54, 1.807) is 12.3 Å². The SMILES string of the molecule is C1CCOC1.CCN1CCN(c2ccc(Nc3ncc(-c4ccnc(=O)[nH]4)s3)nc2)CC1. The molecule has 3 aromatic rings. The zero-order valence-electron chi connectivity index (χ0n) is 18.3. The van der Waals surface area contributed by atoms with E-state index in [0.29, 0.717) is 5.69 Å². The quantitative estimate of drug-likeness (QED) is 0.606. The molecule has 2 saturated heterocycles. The second-order valence-electron chi connectivity index (χ2n) is 7.59. The van der Waals surface area contributed by atoms with Gasteiger partial charge in [-0.15, -0.1) is 0 Å². The number of pyridine rings is 1. The first kappa shape index (κ1) is 22.4. The Bertz CT molecular complexity index is 1020. The normalized spacial score (nSPS) is 16.5. The number of likely N-dealkylation sites (N-methyl/N-ethyl adjacent to an activating group) is 1. The Hall–Kier alpha value is -2.82. The van der Waals surface area contributed by atoms with Gasteiger partial charge in [-0.3, -0.25) is 0 Å². The molecule has 0 atom stereocenters. The van der Waals surface area contributed by atoms with Gasteiger partial charge in [0.25, 0.3) is 0 Å². The average Bonchev–Trinajstić information content (AvgIpc) is 3.55. The third-order valence-corrected chi connectivity index (χ3v) is 6.39. The Balaban J connectivity index is 0.000000433. The van der Waals surface area contributed by atoms with Crippen LogP contribution in [0.4, 0.5) is 16.6 Å². The number of anilines is 3. The number of H-pyrrole nitrogens is 1. The highest BCUT2D eigenvalue weighted by molar-refractivity contribution is 7.18. The van der Waals surface area contributed by atoms with E-state index in [-0.39, 0.29) is 5.69 Å². The van der Waals surface area contributed by atoms with Crippen molar-refractivity contribution in [2.75, 3.05) is 56.2 Å². The maximum absolute atomic E-state index is 11.3. The summed E-state index contributed by atoms with van der Waals surface area (Å²) in [7, 11) is 0. The lowest BCUT2D eigenvalue weighted by atomic mass is 10.2. The summed E-state index contributed by atoms with van der Waals surface area (Å²) in [5, 5.41) is 3.94. The van der Waals surface area contributed by atoms with Gasteiger partial charge in [0.05, 0.1) is 22.5 Å². The molecule has 0 spiro atoms. The Morgan fingerprint density at radius 2 is 1.88 bits per heavy atom. The van der Waals surface area contributed by atoms with Crippen LogP contribution in [0.2, 0.25) is 0 Å². The number of nitrogens with zero attached hydrogens (tertiary/aromatic N) is 5. The molecule has 0 bridgehead atoms. The average molecular weight is 456 g/mol. The van der Waals surface area contributed by atoms with Crippen molar-refractivity contribution < 1.29 is 4.74 Å². The van der Waals surface area contributed by atoms with Crippen molar-refractivity contribution in [1.29, 1.82) is 0 Å². The van der Waals surface area contributed by atoms with Crippen LogP contribution in [0.1, 0.15) is 19.8 Å². The van der Waals surface area contributed by atoms with Crippen LogP contribution in [0.5, 0.6) is 0 Å². The molecule has 32 heavy (non-hydrogen) atoms. The molecule has 0 aliphatic carbocycles. The fraction of sp³-hybridized carbons (Fsp3) is 0.455. The molecule has 2 fully saturated rings. The van der Waals surface area contributed by atoms with Crippen molar-refractivity contribution in [3.05, 3.63) is 47.3 Å². The topological polar surface area (TPSA) is 99.3 Å². The number of hydrogen-bond donors (Lipinski definition) is 2. The van der Waals surface area contributed by atoms with Crippen LogP contribution in [0, 0.1) is 0 Å². The van der Waals surface area contributed by atoms with Crippen molar-refractivity contribution in [1.82, 2.24) is 24.8 Å². The largest absolute Gasteiger partial charge is 0.381 e. The van der Waals surface area contributed by atoms with Gasteiger partial charge in [0.1, 0.15) is 5.82 Å². The Labute approximate surface area is 191 Å². The van der Waals surface area contributed by atoms with Gasteiger partial charge >= 0.3 is 5.69 Å². The Morgan fingerprint density at radius 1 is 1.06 bits per heavy atom. The van der Waals surface area contributed by atoms with Gasteiger partial charge < -0.3 is 24.8 Å². The molecular weight excluding hydrogens is 426 g/mol. The highest BCUT2D eigenvalue weighted by Gasteiger charge is 2.16. The second kappa shape index (κ2) is 11.2. The molecule has 0 saturated carbocycles. The molecule has 0 radical (unpaired) electrons. The van der Waals surface area contributed by atoms with Gasteiger partial charge in [0.2, 0.25) is 0 Å². The zero-order chi connectivity index (χ0) is 22.2. The highest BCUT2D eigenvalue weighted by atomic mass is 32.1. The molecule has 170 valence electrons. The maximum atomic E-state index is 11.3. The fourth-order valence-electron chi connectivity index (χ4n) is 3.56. The minimum Gasteiger partial charge on any atom is -0.381 e. The van der Waals surface area contributed by atoms with Gasteiger partial charge in [0.15, 0.2) is 5.13 Å². The molecule has 3 aromatic heterocycles. The highest BCUT2D eigenvalue weighted by Crippen LogP contribution is 2.28. The summed E-state index contributed by atoms with van der Waals surface area (Å²) in [6.45, 7) is 9.56. The summed E-state index contributed by atoms with van der Waals surface area (Å²) < 4.78 is 4.94. The van der Waals surface area contributed by atoms with Crippen LogP contribution in [0.25, 0.3) is 10.6 Å². The molecule has 5 heterocycles. The lowest BCUT2D eigenvalue weighted by Crippen LogP contribution is -2.46. The van der Waals surface area contributed by atoms with Crippen LogP contribution in [0.3, 0.4) is 0 Å². The maximum Gasteiger partial charge on any atom is 0.345 e. The predicted octanol–water partition coefficient (Wildman–Crippen LogP) is 2.97. The number of aromatic nitrogens is 4. The molecule has 2 N–H and O–H groups in total. The first-order valence-electron chi connectivity index (χ1n) is 11.0. The van der Waals surface area contributed by atoms with Crippen LogP contribution in [-0.4, -0.2) is 70.8 Å². The van der Waals surface area contributed by atoms with Gasteiger partial charge in [-0.05, 0) is 37.6 Å². The number of piperazine rings is 1.